The van der Waals surface area contributed by atoms with Gasteiger partial charge in [-0.25, -0.2) is 0 Å². The van der Waals surface area contributed by atoms with Crippen molar-refractivity contribution in [2.45, 2.75) is 6.92 Å². The predicted octanol–water partition coefficient (Wildman–Crippen LogP) is 0.734. The van der Waals surface area contributed by atoms with Crippen LogP contribution in [-0.4, -0.2) is 16.7 Å². The van der Waals surface area contributed by atoms with E-state index in [4.69, 9.17) is 5.11 Å². The third-order valence-corrected chi connectivity index (χ3v) is 1.32. The standard InChI is InChI=1S/C9H9NO/c1-8-7-10-5-4-9(8)3-2-6-11/h4-5,7,11H,6H2,1H3. The van der Waals surface area contributed by atoms with Gasteiger partial charge in [-0.3, -0.25) is 4.98 Å². The normalized spacial score (nSPS) is 8.55. The molecule has 1 heterocycles. The van der Waals surface area contributed by atoms with Crippen LogP contribution in [-0.2, 0) is 0 Å². The van der Waals surface area contributed by atoms with Crippen molar-refractivity contribution in [1.29, 1.82) is 0 Å². The molecule has 0 saturated heterocycles. The maximum absolute atomic E-state index is 8.43. The predicted molar refractivity (Wildman–Crippen MR) is 42.9 cm³/mol. The number of aromatic nitrogens is 1. The summed E-state index contributed by atoms with van der Waals surface area (Å²) in [7, 11) is 0. The first-order valence-corrected chi connectivity index (χ1v) is 3.35. The van der Waals surface area contributed by atoms with Gasteiger partial charge in [0.2, 0.25) is 0 Å². The van der Waals surface area contributed by atoms with Gasteiger partial charge in [0.1, 0.15) is 6.61 Å². The monoisotopic (exact) mass is 147 g/mol. The minimum atomic E-state index is -0.0955. The fourth-order valence-electron chi connectivity index (χ4n) is 0.748. The molecule has 2 nitrogen and oxygen atoms in total. The molecule has 0 aliphatic carbocycles. The Morgan fingerprint density at radius 2 is 2.45 bits per heavy atom. The summed E-state index contributed by atoms with van der Waals surface area (Å²) < 4.78 is 0. The Kier molecular flexibility index (Phi) is 2.65. The molecular formula is C9H9NO. The molecule has 0 atom stereocenters. The lowest BCUT2D eigenvalue weighted by molar-refractivity contribution is 0.350. The maximum Gasteiger partial charge on any atom is 0.104 e. The van der Waals surface area contributed by atoms with Crippen molar-refractivity contribution in [3.8, 4) is 11.8 Å². The van der Waals surface area contributed by atoms with Crippen LogP contribution in [0.15, 0.2) is 18.5 Å². The van der Waals surface area contributed by atoms with Gasteiger partial charge in [0, 0.05) is 18.0 Å². The fourth-order valence-corrected chi connectivity index (χ4v) is 0.748. The lowest BCUT2D eigenvalue weighted by atomic mass is 10.2. The highest BCUT2D eigenvalue weighted by atomic mass is 16.2. The summed E-state index contributed by atoms with van der Waals surface area (Å²) in [6.07, 6.45) is 3.44. The minimum absolute atomic E-state index is 0.0955. The van der Waals surface area contributed by atoms with Crippen LogP contribution < -0.4 is 0 Å². The van der Waals surface area contributed by atoms with Crippen molar-refractivity contribution >= 4 is 0 Å². The summed E-state index contributed by atoms with van der Waals surface area (Å²) in [5.74, 6) is 5.41. The van der Waals surface area contributed by atoms with Crippen LogP contribution in [0.3, 0.4) is 0 Å². The fraction of sp³-hybridized carbons (Fsp3) is 0.222. The smallest absolute Gasteiger partial charge is 0.104 e. The average Bonchev–Trinajstić information content (AvgIpc) is 2.03. The summed E-state index contributed by atoms with van der Waals surface area (Å²) in [6.45, 7) is 1.84. The summed E-state index contributed by atoms with van der Waals surface area (Å²) >= 11 is 0. The zero-order chi connectivity index (χ0) is 8.10. The summed E-state index contributed by atoms with van der Waals surface area (Å²) in [6, 6.07) is 1.83. The number of aliphatic hydroxyl groups is 1. The third-order valence-electron chi connectivity index (χ3n) is 1.32. The maximum atomic E-state index is 8.43. The Morgan fingerprint density at radius 1 is 1.64 bits per heavy atom. The molecular weight excluding hydrogens is 138 g/mol. The van der Waals surface area contributed by atoms with Crippen molar-refractivity contribution in [2.24, 2.45) is 0 Å². The molecule has 11 heavy (non-hydrogen) atoms. The first kappa shape index (κ1) is 7.77. The highest BCUT2D eigenvalue weighted by Crippen LogP contribution is 2.01. The van der Waals surface area contributed by atoms with Gasteiger partial charge >= 0.3 is 0 Å². The van der Waals surface area contributed by atoms with E-state index in [2.05, 4.69) is 16.8 Å². The van der Waals surface area contributed by atoms with Crippen molar-refractivity contribution < 1.29 is 5.11 Å². The van der Waals surface area contributed by atoms with Gasteiger partial charge in [-0.1, -0.05) is 11.8 Å². The molecule has 0 spiro atoms. The van der Waals surface area contributed by atoms with Gasteiger partial charge in [-0.15, -0.1) is 0 Å². The molecule has 0 unspecified atom stereocenters. The zero-order valence-electron chi connectivity index (χ0n) is 6.33. The molecule has 56 valence electrons. The number of hydrogen-bond acceptors (Lipinski definition) is 2. The molecule has 1 N–H and O–H groups in total. The van der Waals surface area contributed by atoms with E-state index >= 15 is 0 Å². The van der Waals surface area contributed by atoms with E-state index in [0.717, 1.165) is 11.1 Å². The number of aryl methyl sites for hydroxylation is 1. The van der Waals surface area contributed by atoms with Crippen LogP contribution in [0.5, 0.6) is 0 Å². The summed E-state index contributed by atoms with van der Waals surface area (Å²) in [4.78, 5) is 3.92. The van der Waals surface area contributed by atoms with Crippen LogP contribution in [0.1, 0.15) is 11.1 Å². The summed E-state index contributed by atoms with van der Waals surface area (Å²) in [5.41, 5.74) is 1.96. The quantitative estimate of drug-likeness (QED) is 0.549. The van der Waals surface area contributed by atoms with E-state index in [1.54, 1.807) is 12.4 Å². The van der Waals surface area contributed by atoms with Crippen LogP contribution in [0.2, 0.25) is 0 Å². The largest absolute Gasteiger partial charge is 0.384 e. The minimum Gasteiger partial charge on any atom is -0.384 e. The first-order chi connectivity index (χ1) is 5.34. The van der Waals surface area contributed by atoms with Gasteiger partial charge in [0.25, 0.3) is 0 Å². The van der Waals surface area contributed by atoms with Crippen LogP contribution in [0.4, 0.5) is 0 Å². The number of hydrogen-bond donors (Lipinski definition) is 1. The molecule has 0 aromatic carbocycles. The molecule has 0 amide bonds. The lowest BCUT2D eigenvalue weighted by Crippen LogP contribution is -1.83. The first-order valence-electron chi connectivity index (χ1n) is 3.35. The van der Waals surface area contributed by atoms with Gasteiger partial charge in [-0.2, -0.15) is 0 Å². The Hall–Kier alpha value is -1.33. The van der Waals surface area contributed by atoms with Crippen molar-refractivity contribution in [3.63, 3.8) is 0 Å². The third kappa shape index (κ3) is 2.06. The average molecular weight is 147 g/mol. The highest BCUT2D eigenvalue weighted by molar-refractivity contribution is 5.38. The Morgan fingerprint density at radius 3 is 3.09 bits per heavy atom. The molecule has 0 aliphatic heterocycles. The van der Waals surface area contributed by atoms with Crippen molar-refractivity contribution in [1.82, 2.24) is 4.98 Å². The van der Waals surface area contributed by atoms with E-state index in [0.29, 0.717) is 0 Å². The van der Waals surface area contributed by atoms with E-state index in [1.807, 2.05) is 13.0 Å². The van der Waals surface area contributed by atoms with Crippen LogP contribution in [0.25, 0.3) is 0 Å². The van der Waals surface area contributed by atoms with Gasteiger partial charge in [0.05, 0.1) is 0 Å². The second-order valence-corrected chi connectivity index (χ2v) is 2.15. The molecule has 0 radical (unpaired) electrons. The van der Waals surface area contributed by atoms with Gasteiger partial charge in [-0.05, 0) is 18.6 Å². The Balaban J connectivity index is 2.95. The second-order valence-electron chi connectivity index (χ2n) is 2.15. The molecule has 1 aromatic rings. The molecule has 0 saturated carbocycles. The van der Waals surface area contributed by atoms with Crippen LogP contribution >= 0.6 is 0 Å². The van der Waals surface area contributed by atoms with Crippen LogP contribution in [0, 0.1) is 18.8 Å². The number of pyridine rings is 1. The highest BCUT2D eigenvalue weighted by Gasteiger charge is 1.89. The Bertz CT molecular complexity index is 296. The molecule has 0 aliphatic rings. The second kappa shape index (κ2) is 3.75. The van der Waals surface area contributed by atoms with E-state index < -0.39 is 0 Å². The number of nitrogens with zero attached hydrogens (tertiary/aromatic N) is 1. The molecule has 0 bridgehead atoms. The SMILES string of the molecule is Cc1cnccc1C#CCO. The summed E-state index contributed by atoms with van der Waals surface area (Å²) in [5, 5.41) is 8.43. The number of aliphatic hydroxyl groups excluding tert-OH is 1. The van der Waals surface area contributed by atoms with Crippen molar-refractivity contribution in [2.75, 3.05) is 6.61 Å². The Labute approximate surface area is 65.9 Å². The van der Waals surface area contributed by atoms with Gasteiger partial charge < -0.3 is 5.11 Å². The topological polar surface area (TPSA) is 33.1 Å². The molecule has 1 aromatic heterocycles. The zero-order valence-corrected chi connectivity index (χ0v) is 6.33. The van der Waals surface area contributed by atoms with Gasteiger partial charge in [0.15, 0.2) is 0 Å². The molecule has 0 fully saturated rings. The van der Waals surface area contributed by atoms with E-state index in [-0.39, 0.29) is 6.61 Å². The number of rotatable bonds is 0. The van der Waals surface area contributed by atoms with E-state index in [1.165, 1.54) is 0 Å². The lowest BCUT2D eigenvalue weighted by Gasteiger charge is -1.93. The molecule has 1 rings (SSSR count). The van der Waals surface area contributed by atoms with E-state index in [9.17, 15) is 0 Å². The molecule has 2 heteroatoms. The van der Waals surface area contributed by atoms with Crippen molar-refractivity contribution in [3.05, 3.63) is 29.6 Å².